The van der Waals surface area contributed by atoms with Crippen molar-refractivity contribution in [1.82, 2.24) is 4.98 Å². The molecule has 9 heteroatoms. The summed E-state index contributed by atoms with van der Waals surface area (Å²) in [5, 5.41) is 0.647. The Labute approximate surface area is 210 Å². The lowest BCUT2D eigenvalue weighted by molar-refractivity contribution is 0.0519. The highest BCUT2D eigenvalue weighted by Gasteiger charge is 2.24. The van der Waals surface area contributed by atoms with Gasteiger partial charge in [0.05, 0.1) is 17.3 Å². The predicted molar refractivity (Wildman–Crippen MR) is 128 cm³/mol. The average molecular weight is 522 g/mol. The molecule has 0 spiro atoms. The molecule has 0 atom stereocenters. The molecule has 1 aromatic heterocycles. The van der Waals surface area contributed by atoms with Crippen LogP contribution in [-0.2, 0) is 11.3 Å². The second-order valence-corrected chi connectivity index (χ2v) is 8.69. The molecule has 0 saturated carbocycles. The quantitative estimate of drug-likeness (QED) is 0.236. The van der Waals surface area contributed by atoms with Crippen LogP contribution in [0.25, 0.3) is 11.1 Å². The van der Waals surface area contributed by atoms with Gasteiger partial charge < -0.3 is 9.47 Å². The van der Waals surface area contributed by atoms with E-state index in [4.69, 9.17) is 32.7 Å². The van der Waals surface area contributed by atoms with E-state index in [1.54, 1.807) is 37.3 Å². The zero-order valence-electron chi connectivity index (χ0n) is 18.6. The van der Waals surface area contributed by atoms with Crippen LogP contribution in [0.2, 0.25) is 10.0 Å². The van der Waals surface area contributed by atoms with Crippen molar-refractivity contribution in [1.29, 1.82) is 0 Å². The Bertz CT molecular complexity index is 1330. The first kappa shape index (κ1) is 25.1. The third-order valence-corrected chi connectivity index (χ3v) is 6.12. The van der Waals surface area contributed by atoms with E-state index in [0.29, 0.717) is 40.9 Å². The number of carbonyl (C=O) groups is 1. The fourth-order valence-corrected chi connectivity index (χ4v) is 4.32. The van der Waals surface area contributed by atoms with Gasteiger partial charge in [-0.1, -0.05) is 23.2 Å². The molecular formula is C26H20Cl2F3NO3. The van der Waals surface area contributed by atoms with E-state index in [1.165, 1.54) is 0 Å². The van der Waals surface area contributed by atoms with Crippen molar-refractivity contribution < 1.29 is 27.4 Å². The normalized spacial score (nSPS) is 13.3. The van der Waals surface area contributed by atoms with Crippen molar-refractivity contribution in [3.8, 4) is 5.75 Å². The number of carbonyl (C=O) groups excluding carboxylic acids is 1. The third kappa shape index (κ3) is 5.46. The van der Waals surface area contributed by atoms with Gasteiger partial charge in [0, 0.05) is 22.2 Å². The molecule has 0 unspecified atom stereocenters. The zero-order chi connectivity index (χ0) is 25.1. The van der Waals surface area contributed by atoms with Gasteiger partial charge in [-0.25, -0.2) is 22.9 Å². The van der Waals surface area contributed by atoms with Gasteiger partial charge in [-0.05, 0) is 73.7 Å². The minimum atomic E-state index is -1.27. The van der Waals surface area contributed by atoms with Crippen molar-refractivity contribution in [3.63, 3.8) is 0 Å². The minimum Gasteiger partial charge on any atom is -0.488 e. The first-order valence-corrected chi connectivity index (χ1v) is 11.7. The summed E-state index contributed by atoms with van der Waals surface area (Å²) in [5.41, 5.74) is 2.94. The smallest absolute Gasteiger partial charge is 0.358 e. The van der Waals surface area contributed by atoms with Crippen molar-refractivity contribution in [3.05, 3.63) is 92.5 Å². The van der Waals surface area contributed by atoms with Crippen LogP contribution in [0.5, 0.6) is 5.75 Å². The molecule has 0 saturated heterocycles. The van der Waals surface area contributed by atoms with Crippen LogP contribution in [0.3, 0.4) is 0 Å². The number of hydrogen-bond donors (Lipinski definition) is 0. The molecule has 3 aromatic rings. The number of esters is 1. The summed E-state index contributed by atoms with van der Waals surface area (Å²) in [4.78, 5) is 16.7. The fraction of sp³-hybridized carbons (Fsp3) is 0.231. The summed E-state index contributed by atoms with van der Waals surface area (Å²) >= 11 is 12.4. The van der Waals surface area contributed by atoms with E-state index in [1.807, 2.05) is 0 Å². The second kappa shape index (κ2) is 10.7. The van der Waals surface area contributed by atoms with Crippen molar-refractivity contribution >= 4 is 40.3 Å². The Kier molecular flexibility index (Phi) is 7.67. The summed E-state index contributed by atoms with van der Waals surface area (Å²) in [6, 6.07) is 9.57. The Morgan fingerprint density at radius 1 is 0.971 bits per heavy atom. The lowest BCUT2D eigenvalue weighted by atomic mass is 9.98. The summed E-state index contributed by atoms with van der Waals surface area (Å²) in [5.74, 6) is -3.55. The standard InChI is InChI=1S/C26H20Cl2F3NO3/c1-2-34-26(33)25-19(28)7-8-23(32-25)17-5-3-4-16(17)18-11-15(27)6-9-24(18)35-13-14-10-21(30)22(31)12-20(14)29/h6-12H,2-5,13H2,1H3. The number of ether oxygens (including phenoxy) is 2. The summed E-state index contributed by atoms with van der Waals surface area (Å²) in [6.45, 7) is 1.57. The van der Waals surface area contributed by atoms with Gasteiger partial charge in [0.1, 0.15) is 18.2 Å². The van der Waals surface area contributed by atoms with Crippen molar-refractivity contribution in [2.75, 3.05) is 6.61 Å². The molecule has 1 aliphatic rings. The van der Waals surface area contributed by atoms with Crippen LogP contribution in [0.15, 0.2) is 42.5 Å². The van der Waals surface area contributed by atoms with Crippen molar-refractivity contribution in [2.45, 2.75) is 32.8 Å². The van der Waals surface area contributed by atoms with E-state index in [2.05, 4.69) is 4.98 Å². The molecule has 0 fully saturated rings. The number of allylic oxidation sites excluding steroid dienone is 2. The Hall–Kier alpha value is -3.03. The Morgan fingerprint density at radius 3 is 2.49 bits per heavy atom. The van der Waals surface area contributed by atoms with Crippen LogP contribution >= 0.6 is 23.2 Å². The first-order valence-electron chi connectivity index (χ1n) is 10.9. The van der Waals surface area contributed by atoms with E-state index in [9.17, 15) is 18.0 Å². The van der Waals surface area contributed by atoms with Gasteiger partial charge in [0.15, 0.2) is 17.3 Å². The highest BCUT2D eigenvalue weighted by atomic mass is 35.5. The minimum absolute atomic E-state index is 0.0288. The fourth-order valence-electron chi connectivity index (χ4n) is 3.97. The van der Waals surface area contributed by atoms with E-state index < -0.39 is 23.4 Å². The number of hydrogen-bond acceptors (Lipinski definition) is 4. The van der Waals surface area contributed by atoms with E-state index >= 15 is 0 Å². The predicted octanol–water partition coefficient (Wildman–Crippen LogP) is 7.66. The largest absolute Gasteiger partial charge is 0.488 e. The van der Waals surface area contributed by atoms with Crippen LogP contribution in [-0.4, -0.2) is 17.6 Å². The van der Waals surface area contributed by atoms with Gasteiger partial charge in [-0.3, -0.25) is 0 Å². The molecule has 0 bridgehead atoms. The van der Waals surface area contributed by atoms with Crippen LogP contribution in [0.1, 0.15) is 53.5 Å². The number of rotatable bonds is 7. The number of benzene rings is 2. The Morgan fingerprint density at radius 2 is 1.71 bits per heavy atom. The molecule has 0 N–H and O–H groups in total. The number of aromatic nitrogens is 1. The zero-order valence-corrected chi connectivity index (χ0v) is 20.2. The first-order chi connectivity index (χ1) is 16.8. The van der Waals surface area contributed by atoms with Crippen LogP contribution in [0, 0.1) is 17.5 Å². The van der Waals surface area contributed by atoms with Crippen LogP contribution in [0.4, 0.5) is 13.2 Å². The third-order valence-electron chi connectivity index (χ3n) is 5.58. The summed E-state index contributed by atoms with van der Waals surface area (Å²) < 4.78 is 51.8. The van der Waals surface area contributed by atoms with Gasteiger partial charge in [0.25, 0.3) is 0 Å². The number of pyridine rings is 1. The van der Waals surface area contributed by atoms with Gasteiger partial charge in [-0.2, -0.15) is 0 Å². The highest BCUT2D eigenvalue weighted by molar-refractivity contribution is 6.33. The summed E-state index contributed by atoms with van der Waals surface area (Å²) in [7, 11) is 0. The maximum atomic E-state index is 14.1. The molecule has 2 aromatic carbocycles. The lowest BCUT2D eigenvalue weighted by Crippen LogP contribution is -2.09. The number of nitrogens with zero attached hydrogens (tertiary/aromatic N) is 1. The SMILES string of the molecule is CCOC(=O)c1nc(C2=C(c3cc(Cl)ccc3OCc3cc(F)c(F)cc3F)CCC2)ccc1Cl. The second-order valence-electron chi connectivity index (χ2n) is 7.84. The molecule has 4 rings (SSSR count). The summed E-state index contributed by atoms with van der Waals surface area (Å²) in [6.07, 6.45) is 2.20. The maximum absolute atomic E-state index is 14.1. The van der Waals surface area contributed by atoms with E-state index in [0.717, 1.165) is 23.6 Å². The molecule has 4 nitrogen and oxygen atoms in total. The Balaban J connectivity index is 1.72. The van der Waals surface area contributed by atoms with Gasteiger partial charge in [-0.15, -0.1) is 0 Å². The highest BCUT2D eigenvalue weighted by Crippen LogP contribution is 2.43. The lowest BCUT2D eigenvalue weighted by Gasteiger charge is -2.16. The number of halogens is 5. The molecular weight excluding hydrogens is 502 g/mol. The van der Waals surface area contributed by atoms with Gasteiger partial charge in [0.2, 0.25) is 0 Å². The topological polar surface area (TPSA) is 48.4 Å². The molecule has 0 amide bonds. The molecule has 1 heterocycles. The monoisotopic (exact) mass is 521 g/mol. The van der Waals surface area contributed by atoms with Crippen LogP contribution < -0.4 is 4.74 Å². The molecule has 182 valence electrons. The molecule has 35 heavy (non-hydrogen) atoms. The molecule has 0 aliphatic heterocycles. The molecule has 0 radical (unpaired) electrons. The van der Waals surface area contributed by atoms with Crippen molar-refractivity contribution in [2.24, 2.45) is 0 Å². The van der Waals surface area contributed by atoms with Gasteiger partial charge >= 0.3 is 5.97 Å². The average Bonchev–Trinajstić information content (AvgIpc) is 3.31. The van der Waals surface area contributed by atoms with E-state index in [-0.39, 0.29) is 29.5 Å². The molecule has 1 aliphatic carbocycles. The maximum Gasteiger partial charge on any atom is 0.358 e.